The Morgan fingerprint density at radius 3 is 2.10 bits per heavy atom. The molecule has 0 unspecified atom stereocenters. The van der Waals surface area contributed by atoms with Gasteiger partial charge < -0.3 is 15.4 Å². The zero-order valence-corrected chi connectivity index (χ0v) is 19.4. The second-order valence-electron chi connectivity index (χ2n) is 7.21. The van der Waals surface area contributed by atoms with Crippen LogP contribution in [0, 0.1) is 20.8 Å². The molecule has 0 saturated carbocycles. The molecule has 0 aliphatic heterocycles. The first kappa shape index (κ1) is 22.6. The van der Waals surface area contributed by atoms with E-state index in [1.165, 1.54) is 12.1 Å². The smallest absolute Gasteiger partial charge is 0.261 e. The van der Waals surface area contributed by atoms with Crippen molar-refractivity contribution in [1.82, 2.24) is 0 Å². The lowest BCUT2D eigenvalue weighted by molar-refractivity contribution is 0.415. The molecule has 3 aromatic carbocycles. The van der Waals surface area contributed by atoms with E-state index in [1.807, 2.05) is 57.2 Å². The van der Waals surface area contributed by atoms with Crippen molar-refractivity contribution in [2.45, 2.75) is 25.7 Å². The number of ether oxygens (including phenoxy) is 1. The Kier molecular flexibility index (Phi) is 6.82. The molecule has 0 aliphatic rings. The minimum Gasteiger partial charge on any atom is -0.497 e. The van der Waals surface area contributed by atoms with Crippen LogP contribution in [0.3, 0.4) is 0 Å². The molecule has 0 radical (unpaired) electrons. The van der Waals surface area contributed by atoms with Gasteiger partial charge in [-0.2, -0.15) is 0 Å². The number of aryl methyl sites for hydroxylation is 3. The first-order valence-electron chi connectivity index (χ1n) is 9.61. The van der Waals surface area contributed by atoms with Crippen LogP contribution in [0.5, 0.6) is 5.75 Å². The first-order chi connectivity index (χ1) is 14.7. The number of rotatable bonds is 6. The molecule has 0 aliphatic carbocycles. The third-order valence-corrected chi connectivity index (χ3v) is 6.23. The van der Waals surface area contributed by atoms with E-state index in [0.29, 0.717) is 22.2 Å². The lowest BCUT2D eigenvalue weighted by Crippen LogP contribution is -2.19. The van der Waals surface area contributed by atoms with Crippen LogP contribution in [0.1, 0.15) is 16.7 Å². The average molecular weight is 456 g/mol. The number of thiocarbonyl (C=S) groups is 1. The Bertz CT molecular complexity index is 1180. The van der Waals surface area contributed by atoms with Gasteiger partial charge in [0.25, 0.3) is 10.0 Å². The van der Waals surface area contributed by atoms with Crippen molar-refractivity contribution in [3.05, 3.63) is 77.4 Å². The van der Waals surface area contributed by atoms with Crippen molar-refractivity contribution < 1.29 is 13.2 Å². The molecule has 0 atom stereocenters. The van der Waals surface area contributed by atoms with Crippen molar-refractivity contribution in [1.29, 1.82) is 0 Å². The number of hydrogen-bond acceptors (Lipinski definition) is 4. The third kappa shape index (κ3) is 5.74. The molecule has 162 valence electrons. The van der Waals surface area contributed by atoms with Crippen LogP contribution in [-0.2, 0) is 10.0 Å². The molecule has 0 aromatic heterocycles. The second-order valence-corrected chi connectivity index (χ2v) is 9.31. The van der Waals surface area contributed by atoms with E-state index in [9.17, 15) is 8.42 Å². The van der Waals surface area contributed by atoms with Crippen LogP contribution in [0.4, 0.5) is 17.1 Å². The number of nitrogens with one attached hydrogen (secondary N) is 3. The summed E-state index contributed by atoms with van der Waals surface area (Å²) in [6.07, 6.45) is 0. The van der Waals surface area contributed by atoms with Crippen molar-refractivity contribution >= 4 is 44.4 Å². The van der Waals surface area contributed by atoms with E-state index in [2.05, 4.69) is 15.4 Å². The Hall–Kier alpha value is -3.10. The van der Waals surface area contributed by atoms with Gasteiger partial charge in [-0.3, -0.25) is 4.72 Å². The molecule has 8 heteroatoms. The van der Waals surface area contributed by atoms with Gasteiger partial charge in [-0.05, 0) is 80.5 Å². The Labute approximate surface area is 188 Å². The topological polar surface area (TPSA) is 79.5 Å². The van der Waals surface area contributed by atoms with E-state index in [1.54, 1.807) is 19.2 Å². The van der Waals surface area contributed by atoms with E-state index in [0.717, 1.165) is 22.4 Å². The average Bonchev–Trinajstić information content (AvgIpc) is 2.71. The molecule has 0 bridgehead atoms. The number of methoxy groups -OCH3 is 1. The first-order valence-corrected chi connectivity index (χ1v) is 11.5. The minimum atomic E-state index is -3.71. The monoisotopic (exact) mass is 455 g/mol. The molecule has 0 fully saturated rings. The molecule has 0 saturated heterocycles. The predicted molar refractivity (Wildman–Crippen MR) is 131 cm³/mol. The lowest BCUT2D eigenvalue weighted by Gasteiger charge is -2.15. The molecule has 3 rings (SSSR count). The highest BCUT2D eigenvalue weighted by Gasteiger charge is 2.17. The standard InChI is InChI=1S/C23H25N3O3S2/c1-15-12-16(2)22(17(3)13-15)26-31(27,28)21-10-8-18(9-11-21)24-23(30)25-19-6-5-7-20(14-19)29-4/h5-14,26H,1-4H3,(H2,24,25,30). The molecule has 31 heavy (non-hydrogen) atoms. The van der Waals surface area contributed by atoms with E-state index in [-0.39, 0.29) is 4.90 Å². The van der Waals surface area contributed by atoms with Crippen LogP contribution < -0.4 is 20.1 Å². The molecular formula is C23H25N3O3S2. The maximum atomic E-state index is 12.8. The van der Waals surface area contributed by atoms with E-state index in [4.69, 9.17) is 17.0 Å². The van der Waals surface area contributed by atoms with Gasteiger partial charge in [0.05, 0.1) is 17.7 Å². The van der Waals surface area contributed by atoms with Crippen molar-refractivity contribution in [3.63, 3.8) is 0 Å². The third-order valence-electron chi connectivity index (χ3n) is 4.66. The Morgan fingerprint density at radius 1 is 0.871 bits per heavy atom. The highest BCUT2D eigenvalue weighted by Crippen LogP contribution is 2.26. The normalized spacial score (nSPS) is 11.0. The van der Waals surface area contributed by atoms with Gasteiger partial charge in [0.15, 0.2) is 5.11 Å². The van der Waals surface area contributed by atoms with Crippen LogP contribution in [0.15, 0.2) is 65.6 Å². The summed E-state index contributed by atoms with van der Waals surface area (Å²) in [5.74, 6) is 0.717. The second kappa shape index (κ2) is 9.36. The quantitative estimate of drug-likeness (QED) is 0.442. The zero-order valence-electron chi connectivity index (χ0n) is 17.8. The number of benzene rings is 3. The maximum absolute atomic E-state index is 12.8. The number of sulfonamides is 1. The van der Waals surface area contributed by atoms with Crippen molar-refractivity contribution in [2.75, 3.05) is 22.5 Å². The molecule has 3 N–H and O–H groups in total. The molecule has 6 nitrogen and oxygen atoms in total. The summed E-state index contributed by atoms with van der Waals surface area (Å²) in [6.45, 7) is 5.76. The van der Waals surface area contributed by atoms with Crippen LogP contribution in [0.25, 0.3) is 0 Å². The minimum absolute atomic E-state index is 0.170. The molecule has 3 aromatic rings. The summed E-state index contributed by atoms with van der Waals surface area (Å²) in [5, 5.41) is 6.50. The molecule has 0 amide bonds. The highest BCUT2D eigenvalue weighted by atomic mass is 32.2. The summed E-state index contributed by atoms with van der Waals surface area (Å²) in [7, 11) is -2.11. The van der Waals surface area contributed by atoms with E-state index >= 15 is 0 Å². The van der Waals surface area contributed by atoms with Crippen LogP contribution >= 0.6 is 12.2 Å². The summed E-state index contributed by atoms with van der Waals surface area (Å²) >= 11 is 5.34. The zero-order chi connectivity index (χ0) is 22.6. The van der Waals surface area contributed by atoms with Gasteiger partial charge in [0, 0.05) is 17.4 Å². The summed E-state index contributed by atoms with van der Waals surface area (Å²) in [6, 6.07) is 17.7. The number of hydrogen-bond donors (Lipinski definition) is 3. The lowest BCUT2D eigenvalue weighted by atomic mass is 10.1. The van der Waals surface area contributed by atoms with Crippen LogP contribution in [0.2, 0.25) is 0 Å². The number of anilines is 3. The Morgan fingerprint density at radius 2 is 1.48 bits per heavy atom. The predicted octanol–water partition coefficient (Wildman–Crippen LogP) is 5.23. The van der Waals surface area contributed by atoms with Crippen molar-refractivity contribution in [3.8, 4) is 5.75 Å². The van der Waals surface area contributed by atoms with Crippen molar-refractivity contribution in [2.24, 2.45) is 0 Å². The van der Waals surface area contributed by atoms with Gasteiger partial charge in [0.2, 0.25) is 0 Å². The fourth-order valence-corrected chi connectivity index (χ4v) is 4.68. The SMILES string of the molecule is COc1cccc(NC(=S)Nc2ccc(S(=O)(=O)Nc3c(C)cc(C)cc3C)cc2)c1. The summed E-state index contributed by atoms with van der Waals surface area (Å²) in [4.78, 5) is 0.170. The molecule has 0 spiro atoms. The van der Waals surface area contributed by atoms with Gasteiger partial charge >= 0.3 is 0 Å². The van der Waals surface area contributed by atoms with Gasteiger partial charge in [0.1, 0.15) is 5.75 Å². The summed E-state index contributed by atoms with van der Waals surface area (Å²) < 4.78 is 33.6. The summed E-state index contributed by atoms with van der Waals surface area (Å²) in [5.41, 5.74) is 4.91. The van der Waals surface area contributed by atoms with Gasteiger partial charge in [-0.1, -0.05) is 23.8 Å². The fourth-order valence-electron chi connectivity index (χ4n) is 3.25. The molecular weight excluding hydrogens is 430 g/mol. The largest absolute Gasteiger partial charge is 0.497 e. The highest BCUT2D eigenvalue weighted by molar-refractivity contribution is 7.92. The van der Waals surface area contributed by atoms with Crippen LogP contribution in [-0.4, -0.2) is 20.6 Å². The maximum Gasteiger partial charge on any atom is 0.261 e. The van der Waals surface area contributed by atoms with Gasteiger partial charge in [-0.25, -0.2) is 8.42 Å². The van der Waals surface area contributed by atoms with Gasteiger partial charge in [-0.15, -0.1) is 0 Å². The van der Waals surface area contributed by atoms with E-state index < -0.39 is 10.0 Å². The Balaban J connectivity index is 1.69. The fraction of sp³-hybridized carbons (Fsp3) is 0.174. The molecule has 0 heterocycles.